The standard InChI is InChI=1S/C12H14ClNO3/c1-3-10(12(16)17)14-11(15)8-5-4-7(2)6-9(8)13/h4-6,10H,3H2,1-2H3,(H,14,15)(H,16,17)/t10-/m0/s1. The number of aryl methyl sites for hydroxylation is 1. The molecule has 0 saturated heterocycles. The van der Waals surface area contributed by atoms with Gasteiger partial charge in [0.05, 0.1) is 10.6 Å². The summed E-state index contributed by atoms with van der Waals surface area (Å²) in [6, 6.07) is 4.11. The predicted octanol–water partition coefficient (Wildman–Crippen LogP) is 2.24. The maximum atomic E-state index is 11.8. The van der Waals surface area contributed by atoms with Gasteiger partial charge < -0.3 is 10.4 Å². The second kappa shape index (κ2) is 5.68. The van der Waals surface area contributed by atoms with Crippen LogP contribution in [0.1, 0.15) is 29.3 Å². The fourth-order valence-electron chi connectivity index (χ4n) is 1.38. The smallest absolute Gasteiger partial charge is 0.326 e. The molecular formula is C12H14ClNO3. The van der Waals surface area contributed by atoms with E-state index in [1.54, 1.807) is 25.1 Å². The highest BCUT2D eigenvalue weighted by atomic mass is 35.5. The van der Waals surface area contributed by atoms with Gasteiger partial charge in [-0.05, 0) is 31.0 Å². The van der Waals surface area contributed by atoms with E-state index >= 15 is 0 Å². The fourth-order valence-corrected chi connectivity index (χ4v) is 1.70. The van der Waals surface area contributed by atoms with Crippen molar-refractivity contribution in [2.24, 2.45) is 0 Å². The molecule has 0 unspecified atom stereocenters. The fraction of sp³-hybridized carbons (Fsp3) is 0.333. The number of carbonyl (C=O) groups is 2. The zero-order valence-electron chi connectivity index (χ0n) is 9.66. The molecule has 1 atom stereocenters. The topological polar surface area (TPSA) is 66.4 Å². The summed E-state index contributed by atoms with van der Waals surface area (Å²) in [5, 5.41) is 11.6. The van der Waals surface area contributed by atoms with E-state index in [1.165, 1.54) is 0 Å². The van der Waals surface area contributed by atoms with Crippen molar-refractivity contribution < 1.29 is 14.7 Å². The molecule has 17 heavy (non-hydrogen) atoms. The van der Waals surface area contributed by atoms with Gasteiger partial charge in [-0.2, -0.15) is 0 Å². The molecule has 0 aromatic heterocycles. The third-order valence-electron chi connectivity index (χ3n) is 2.38. The third-order valence-corrected chi connectivity index (χ3v) is 2.69. The van der Waals surface area contributed by atoms with Crippen molar-refractivity contribution in [2.75, 3.05) is 0 Å². The number of carbonyl (C=O) groups excluding carboxylic acids is 1. The van der Waals surface area contributed by atoms with Crippen molar-refractivity contribution in [3.05, 3.63) is 34.3 Å². The number of amides is 1. The van der Waals surface area contributed by atoms with E-state index in [0.717, 1.165) is 5.56 Å². The van der Waals surface area contributed by atoms with Crippen LogP contribution < -0.4 is 5.32 Å². The molecule has 0 aliphatic carbocycles. The average Bonchev–Trinajstić information content (AvgIpc) is 2.24. The van der Waals surface area contributed by atoms with E-state index in [-0.39, 0.29) is 5.56 Å². The molecule has 0 fully saturated rings. The molecule has 0 radical (unpaired) electrons. The normalized spacial score (nSPS) is 11.9. The Morgan fingerprint density at radius 1 is 1.47 bits per heavy atom. The summed E-state index contributed by atoms with van der Waals surface area (Å²) in [4.78, 5) is 22.6. The minimum absolute atomic E-state index is 0.289. The number of nitrogens with one attached hydrogen (secondary N) is 1. The van der Waals surface area contributed by atoms with Crippen molar-refractivity contribution in [1.29, 1.82) is 0 Å². The maximum absolute atomic E-state index is 11.8. The van der Waals surface area contributed by atoms with Gasteiger partial charge in [0.15, 0.2) is 0 Å². The van der Waals surface area contributed by atoms with Crippen LogP contribution in [0.25, 0.3) is 0 Å². The molecule has 0 aliphatic heterocycles. The Labute approximate surface area is 105 Å². The molecule has 0 spiro atoms. The lowest BCUT2D eigenvalue weighted by Gasteiger charge is -2.13. The first kappa shape index (κ1) is 13.5. The SMILES string of the molecule is CC[C@H](NC(=O)c1ccc(C)cc1Cl)C(=O)O. The van der Waals surface area contributed by atoms with Gasteiger partial charge in [0.25, 0.3) is 5.91 Å². The lowest BCUT2D eigenvalue weighted by Crippen LogP contribution is -2.40. The van der Waals surface area contributed by atoms with Crippen molar-refractivity contribution >= 4 is 23.5 Å². The Morgan fingerprint density at radius 2 is 2.12 bits per heavy atom. The number of hydrogen-bond acceptors (Lipinski definition) is 2. The Kier molecular flexibility index (Phi) is 4.52. The largest absolute Gasteiger partial charge is 0.480 e. The molecule has 1 rings (SSSR count). The van der Waals surface area contributed by atoms with Gasteiger partial charge in [0.2, 0.25) is 0 Å². The minimum Gasteiger partial charge on any atom is -0.480 e. The van der Waals surface area contributed by atoms with E-state index < -0.39 is 17.9 Å². The zero-order valence-corrected chi connectivity index (χ0v) is 10.4. The number of carboxylic acids is 1. The van der Waals surface area contributed by atoms with Crippen molar-refractivity contribution in [2.45, 2.75) is 26.3 Å². The first-order valence-corrected chi connectivity index (χ1v) is 5.63. The lowest BCUT2D eigenvalue weighted by molar-refractivity contribution is -0.139. The Balaban J connectivity index is 2.86. The third kappa shape index (κ3) is 3.46. The van der Waals surface area contributed by atoms with Gasteiger partial charge in [0.1, 0.15) is 6.04 Å². The van der Waals surface area contributed by atoms with Crippen molar-refractivity contribution in [1.82, 2.24) is 5.32 Å². The maximum Gasteiger partial charge on any atom is 0.326 e. The van der Waals surface area contributed by atoms with Crippen LogP contribution in [-0.4, -0.2) is 23.0 Å². The van der Waals surface area contributed by atoms with Gasteiger partial charge in [-0.15, -0.1) is 0 Å². The molecule has 4 nitrogen and oxygen atoms in total. The van der Waals surface area contributed by atoms with E-state index in [0.29, 0.717) is 11.4 Å². The summed E-state index contributed by atoms with van der Waals surface area (Å²) in [5.74, 6) is -1.52. The molecule has 0 aliphatic rings. The van der Waals surface area contributed by atoms with Gasteiger partial charge in [0, 0.05) is 0 Å². The van der Waals surface area contributed by atoms with Crippen molar-refractivity contribution in [3.63, 3.8) is 0 Å². The highest BCUT2D eigenvalue weighted by Gasteiger charge is 2.19. The van der Waals surface area contributed by atoms with Crippen LogP contribution in [0.3, 0.4) is 0 Å². The highest BCUT2D eigenvalue weighted by Crippen LogP contribution is 2.17. The first-order chi connectivity index (χ1) is 7.95. The van der Waals surface area contributed by atoms with Gasteiger partial charge >= 0.3 is 5.97 Å². The van der Waals surface area contributed by atoms with E-state index in [2.05, 4.69) is 5.32 Å². The predicted molar refractivity (Wildman–Crippen MR) is 65.4 cm³/mol. The number of carboxylic acid groups (broad SMARTS) is 1. The molecule has 0 heterocycles. The Hall–Kier alpha value is -1.55. The quantitative estimate of drug-likeness (QED) is 0.867. The summed E-state index contributed by atoms with van der Waals surface area (Å²) in [6.45, 7) is 3.55. The molecule has 0 saturated carbocycles. The zero-order chi connectivity index (χ0) is 13.0. The highest BCUT2D eigenvalue weighted by molar-refractivity contribution is 6.33. The number of halogens is 1. The number of benzene rings is 1. The molecule has 92 valence electrons. The second-order valence-corrected chi connectivity index (χ2v) is 4.16. The van der Waals surface area contributed by atoms with Gasteiger partial charge in [-0.25, -0.2) is 4.79 Å². The van der Waals surface area contributed by atoms with Crippen LogP contribution in [0.5, 0.6) is 0 Å². The Bertz CT molecular complexity index is 445. The minimum atomic E-state index is -1.05. The molecule has 1 aromatic carbocycles. The van der Waals surface area contributed by atoms with Gasteiger partial charge in [-0.3, -0.25) is 4.79 Å². The number of hydrogen-bond donors (Lipinski definition) is 2. The van der Waals surface area contributed by atoms with Crippen LogP contribution in [0.2, 0.25) is 5.02 Å². The summed E-state index contributed by atoms with van der Waals surface area (Å²) in [6.07, 6.45) is 0.324. The van der Waals surface area contributed by atoms with Crippen LogP contribution >= 0.6 is 11.6 Å². The molecule has 0 bridgehead atoms. The lowest BCUT2D eigenvalue weighted by atomic mass is 10.1. The number of rotatable bonds is 4. The van der Waals surface area contributed by atoms with Crippen LogP contribution in [0.15, 0.2) is 18.2 Å². The first-order valence-electron chi connectivity index (χ1n) is 5.25. The second-order valence-electron chi connectivity index (χ2n) is 3.76. The van der Waals surface area contributed by atoms with E-state index in [9.17, 15) is 9.59 Å². The molecular weight excluding hydrogens is 242 g/mol. The van der Waals surface area contributed by atoms with Gasteiger partial charge in [-0.1, -0.05) is 24.6 Å². The monoisotopic (exact) mass is 255 g/mol. The molecule has 5 heteroatoms. The van der Waals surface area contributed by atoms with Crippen molar-refractivity contribution in [3.8, 4) is 0 Å². The number of aliphatic carboxylic acids is 1. The average molecular weight is 256 g/mol. The molecule has 1 amide bonds. The van der Waals surface area contributed by atoms with E-state index in [1.807, 2.05) is 6.92 Å². The summed E-state index contributed by atoms with van der Waals surface area (Å²) in [7, 11) is 0. The summed E-state index contributed by atoms with van der Waals surface area (Å²) in [5.41, 5.74) is 1.23. The van der Waals surface area contributed by atoms with Crippen LogP contribution in [0, 0.1) is 6.92 Å². The van der Waals surface area contributed by atoms with Crippen LogP contribution in [-0.2, 0) is 4.79 Å². The van der Waals surface area contributed by atoms with Crippen LogP contribution in [0.4, 0.5) is 0 Å². The Morgan fingerprint density at radius 3 is 2.59 bits per heavy atom. The summed E-state index contributed by atoms with van der Waals surface area (Å²) < 4.78 is 0. The summed E-state index contributed by atoms with van der Waals surface area (Å²) >= 11 is 5.92. The molecule has 1 aromatic rings. The molecule has 2 N–H and O–H groups in total. The van der Waals surface area contributed by atoms with E-state index in [4.69, 9.17) is 16.7 Å².